The molecule has 0 amide bonds. The van der Waals surface area contributed by atoms with Gasteiger partial charge in [0.2, 0.25) is 0 Å². The van der Waals surface area contributed by atoms with E-state index in [1.807, 2.05) is 30.3 Å². The van der Waals surface area contributed by atoms with Gasteiger partial charge in [-0.3, -0.25) is 0 Å². The molecule has 2 aromatic carbocycles. The van der Waals surface area contributed by atoms with Crippen molar-refractivity contribution in [3.8, 4) is 6.07 Å². The van der Waals surface area contributed by atoms with Crippen LogP contribution in [0.3, 0.4) is 0 Å². The summed E-state index contributed by atoms with van der Waals surface area (Å²) in [7, 11) is 0. The Morgan fingerprint density at radius 3 is 2.56 bits per heavy atom. The van der Waals surface area contributed by atoms with Gasteiger partial charge in [-0.25, -0.2) is 0 Å². The van der Waals surface area contributed by atoms with Gasteiger partial charge in [-0.2, -0.15) is 5.26 Å². The van der Waals surface area contributed by atoms with Gasteiger partial charge in [0.1, 0.15) is 0 Å². The van der Waals surface area contributed by atoms with Crippen molar-refractivity contribution in [2.24, 2.45) is 0 Å². The zero-order chi connectivity index (χ0) is 13.0. The molecule has 0 atom stereocenters. The summed E-state index contributed by atoms with van der Waals surface area (Å²) >= 11 is 0. The SMILES string of the molecule is CC(C)c1ccccc1Nc1cccc(C#N)c1. The van der Waals surface area contributed by atoms with Gasteiger partial charge in [-0.05, 0) is 35.7 Å². The Morgan fingerprint density at radius 1 is 1.06 bits per heavy atom. The summed E-state index contributed by atoms with van der Waals surface area (Å²) < 4.78 is 0. The highest BCUT2D eigenvalue weighted by Gasteiger charge is 2.05. The summed E-state index contributed by atoms with van der Waals surface area (Å²) in [6.07, 6.45) is 0. The van der Waals surface area contributed by atoms with Crippen molar-refractivity contribution >= 4 is 11.4 Å². The zero-order valence-electron chi connectivity index (χ0n) is 10.6. The largest absolute Gasteiger partial charge is 0.355 e. The molecule has 1 N–H and O–H groups in total. The molecule has 2 aromatic rings. The Morgan fingerprint density at radius 2 is 1.83 bits per heavy atom. The molecule has 0 aromatic heterocycles. The van der Waals surface area contributed by atoms with E-state index < -0.39 is 0 Å². The molecule has 0 unspecified atom stereocenters. The van der Waals surface area contributed by atoms with Gasteiger partial charge in [0.15, 0.2) is 0 Å². The van der Waals surface area contributed by atoms with Crippen LogP contribution >= 0.6 is 0 Å². The summed E-state index contributed by atoms with van der Waals surface area (Å²) in [5.41, 5.74) is 3.99. The topological polar surface area (TPSA) is 35.8 Å². The zero-order valence-corrected chi connectivity index (χ0v) is 10.6. The third-order valence-corrected chi connectivity index (χ3v) is 2.85. The van der Waals surface area contributed by atoms with E-state index in [1.54, 1.807) is 6.07 Å². The predicted octanol–water partition coefficient (Wildman–Crippen LogP) is 4.43. The number of para-hydroxylation sites is 1. The average molecular weight is 236 g/mol. The van der Waals surface area contributed by atoms with Crippen molar-refractivity contribution in [2.75, 3.05) is 5.32 Å². The van der Waals surface area contributed by atoms with Crippen molar-refractivity contribution in [1.29, 1.82) is 5.26 Å². The van der Waals surface area contributed by atoms with Gasteiger partial charge >= 0.3 is 0 Å². The smallest absolute Gasteiger partial charge is 0.0992 e. The Labute approximate surface area is 108 Å². The second-order valence-corrected chi connectivity index (χ2v) is 4.56. The molecule has 2 rings (SSSR count). The molecule has 0 aliphatic carbocycles. The standard InChI is InChI=1S/C16H16N2/c1-12(2)15-8-3-4-9-16(15)18-14-7-5-6-13(10-14)11-17/h3-10,12,18H,1-2H3. The van der Waals surface area contributed by atoms with E-state index in [2.05, 4.69) is 37.4 Å². The minimum atomic E-state index is 0.466. The van der Waals surface area contributed by atoms with E-state index in [0.717, 1.165) is 11.4 Å². The van der Waals surface area contributed by atoms with Crippen LogP contribution in [0.4, 0.5) is 11.4 Å². The number of nitrogens with one attached hydrogen (secondary N) is 1. The average Bonchev–Trinajstić information content (AvgIpc) is 2.39. The molecule has 0 saturated heterocycles. The maximum atomic E-state index is 8.89. The lowest BCUT2D eigenvalue weighted by atomic mass is 10.0. The molecule has 0 spiro atoms. The summed E-state index contributed by atoms with van der Waals surface area (Å²) in [6.45, 7) is 4.35. The van der Waals surface area contributed by atoms with E-state index in [4.69, 9.17) is 5.26 Å². The number of nitrogens with zero attached hydrogens (tertiary/aromatic N) is 1. The molecule has 0 saturated carbocycles. The third kappa shape index (κ3) is 2.70. The van der Waals surface area contributed by atoms with Gasteiger partial charge in [-0.1, -0.05) is 38.1 Å². The summed E-state index contributed by atoms with van der Waals surface area (Å²) in [5.74, 6) is 0.466. The molecule has 90 valence electrons. The lowest BCUT2D eigenvalue weighted by Gasteiger charge is -2.14. The predicted molar refractivity (Wildman–Crippen MR) is 75.0 cm³/mol. The molecule has 0 radical (unpaired) electrons. The summed E-state index contributed by atoms with van der Waals surface area (Å²) in [6, 6.07) is 17.9. The van der Waals surface area contributed by atoms with Crippen LogP contribution in [0.5, 0.6) is 0 Å². The fourth-order valence-corrected chi connectivity index (χ4v) is 1.94. The van der Waals surface area contributed by atoms with Gasteiger partial charge in [0.05, 0.1) is 11.6 Å². The lowest BCUT2D eigenvalue weighted by molar-refractivity contribution is 0.869. The van der Waals surface area contributed by atoms with Crippen LogP contribution < -0.4 is 5.32 Å². The fourth-order valence-electron chi connectivity index (χ4n) is 1.94. The molecular weight excluding hydrogens is 220 g/mol. The normalized spacial score (nSPS) is 10.1. The molecular formula is C16H16N2. The van der Waals surface area contributed by atoms with Crippen LogP contribution in [-0.4, -0.2) is 0 Å². The summed E-state index contributed by atoms with van der Waals surface area (Å²) in [5, 5.41) is 12.3. The van der Waals surface area contributed by atoms with Crippen molar-refractivity contribution in [3.05, 3.63) is 59.7 Å². The van der Waals surface area contributed by atoms with Crippen LogP contribution in [0.2, 0.25) is 0 Å². The highest BCUT2D eigenvalue weighted by molar-refractivity contribution is 5.65. The van der Waals surface area contributed by atoms with E-state index in [-0.39, 0.29) is 0 Å². The molecule has 18 heavy (non-hydrogen) atoms. The maximum Gasteiger partial charge on any atom is 0.0992 e. The van der Waals surface area contributed by atoms with E-state index >= 15 is 0 Å². The number of anilines is 2. The lowest BCUT2D eigenvalue weighted by Crippen LogP contribution is -1.97. The van der Waals surface area contributed by atoms with Crippen LogP contribution in [0.15, 0.2) is 48.5 Å². The number of nitriles is 1. The third-order valence-electron chi connectivity index (χ3n) is 2.85. The van der Waals surface area contributed by atoms with Crippen LogP contribution in [0.1, 0.15) is 30.9 Å². The van der Waals surface area contributed by atoms with Gasteiger partial charge in [-0.15, -0.1) is 0 Å². The highest BCUT2D eigenvalue weighted by Crippen LogP contribution is 2.26. The monoisotopic (exact) mass is 236 g/mol. The van der Waals surface area contributed by atoms with Crippen LogP contribution in [0.25, 0.3) is 0 Å². The fraction of sp³-hybridized carbons (Fsp3) is 0.188. The number of benzene rings is 2. The minimum absolute atomic E-state index is 0.466. The quantitative estimate of drug-likeness (QED) is 0.856. The molecule has 0 bridgehead atoms. The van der Waals surface area contributed by atoms with Crippen molar-refractivity contribution in [2.45, 2.75) is 19.8 Å². The molecule has 2 nitrogen and oxygen atoms in total. The van der Waals surface area contributed by atoms with E-state index in [1.165, 1.54) is 5.56 Å². The second-order valence-electron chi connectivity index (χ2n) is 4.56. The Bertz CT molecular complexity index is 580. The van der Waals surface area contributed by atoms with E-state index in [9.17, 15) is 0 Å². The van der Waals surface area contributed by atoms with Crippen molar-refractivity contribution < 1.29 is 0 Å². The van der Waals surface area contributed by atoms with Crippen molar-refractivity contribution in [3.63, 3.8) is 0 Å². The van der Waals surface area contributed by atoms with Gasteiger partial charge in [0, 0.05) is 11.4 Å². The Hall–Kier alpha value is -2.27. The Kier molecular flexibility index (Phi) is 3.64. The first kappa shape index (κ1) is 12.2. The first-order chi connectivity index (χ1) is 8.70. The molecule has 0 fully saturated rings. The first-order valence-electron chi connectivity index (χ1n) is 6.07. The van der Waals surface area contributed by atoms with Crippen LogP contribution in [-0.2, 0) is 0 Å². The highest BCUT2D eigenvalue weighted by atomic mass is 14.9. The molecule has 0 aliphatic heterocycles. The molecule has 0 aliphatic rings. The molecule has 0 heterocycles. The first-order valence-corrected chi connectivity index (χ1v) is 6.07. The van der Waals surface area contributed by atoms with Crippen LogP contribution in [0, 0.1) is 11.3 Å². The maximum absolute atomic E-state index is 8.89. The minimum Gasteiger partial charge on any atom is -0.355 e. The van der Waals surface area contributed by atoms with Gasteiger partial charge in [0.25, 0.3) is 0 Å². The number of hydrogen-bond donors (Lipinski definition) is 1. The van der Waals surface area contributed by atoms with Crippen molar-refractivity contribution in [1.82, 2.24) is 0 Å². The van der Waals surface area contributed by atoms with Gasteiger partial charge < -0.3 is 5.32 Å². The second kappa shape index (κ2) is 5.37. The summed E-state index contributed by atoms with van der Waals surface area (Å²) in [4.78, 5) is 0. The van der Waals surface area contributed by atoms with E-state index in [0.29, 0.717) is 11.5 Å². The molecule has 2 heteroatoms. The number of rotatable bonds is 3. The number of hydrogen-bond acceptors (Lipinski definition) is 2. The Balaban J connectivity index is 2.31.